The van der Waals surface area contributed by atoms with Gasteiger partial charge in [0.2, 0.25) is 5.95 Å². The molecular weight excluding hydrogens is 270 g/mol. The van der Waals surface area contributed by atoms with Gasteiger partial charge in [0, 0.05) is 11.4 Å². The fraction of sp³-hybridized carbons (Fsp3) is 0.143. The summed E-state index contributed by atoms with van der Waals surface area (Å²) < 4.78 is 0. The van der Waals surface area contributed by atoms with Crippen LogP contribution in [0.4, 0.5) is 11.6 Å². The molecule has 108 valence electrons. The van der Waals surface area contributed by atoms with Crippen LogP contribution in [-0.4, -0.2) is 27.0 Å². The van der Waals surface area contributed by atoms with Crippen molar-refractivity contribution < 1.29 is 9.90 Å². The number of guanidine groups is 1. The van der Waals surface area contributed by atoms with Crippen molar-refractivity contribution in [2.45, 2.75) is 13.8 Å². The summed E-state index contributed by atoms with van der Waals surface area (Å²) in [4.78, 5) is 20.8. The minimum absolute atomic E-state index is 0.156. The van der Waals surface area contributed by atoms with Crippen LogP contribution in [0.3, 0.4) is 0 Å². The third kappa shape index (κ3) is 3.14. The highest BCUT2D eigenvalue weighted by molar-refractivity contribution is 5.98. The third-order valence-corrected chi connectivity index (χ3v) is 2.78. The van der Waals surface area contributed by atoms with E-state index in [1.807, 2.05) is 19.9 Å². The van der Waals surface area contributed by atoms with Crippen LogP contribution in [0.5, 0.6) is 0 Å². The Hall–Kier alpha value is -2.96. The summed E-state index contributed by atoms with van der Waals surface area (Å²) >= 11 is 0. The fourth-order valence-electron chi connectivity index (χ4n) is 1.92. The average Bonchev–Trinajstić information content (AvgIpc) is 2.37. The zero-order chi connectivity index (χ0) is 15.6. The number of hydrogen-bond donors (Lipinski definition) is 3. The molecule has 0 bridgehead atoms. The molecule has 0 fully saturated rings. The van der Waals surface area contributed by atoms with Crippen LogP contribution in [-0.2, 0) is 0 Å². The van der Waals surface area contributed by atoms with Crippen molar-refractivity contribution in [2.24, 2.45) is 5.73 Å². The van der Waals surface area contributed by atoms with Crippen LogP contribution in [0.25, 0.3) is 0 Å². The molecule has 0 aliphatic carbocycles. The van der Waals surface area contributed by atoms with Gasteiger partial charge in [-0.2, -0.15) is 0 Å². The molecule has 7 heteroatoms. The van der Waals surface area contributed by atoms with Gasteiger partial charge in [-0.25, -0.2) is 19.7 Å². The number of aromatic nitrogens is 2. The molecule has 0 saturated heterocycles. The Bertz CT molecular complexity index is 677. The van der Waals surface area contributed by atoms with Crippen LogP contribution in [0.2, 0.25) is 0 Å². The average molecular weight is 285 g/mol. The van der Waals surface area contributed by atoms with Gasteiger partial charge in [-0.3, -0.25) is 5.41 Å². The molecule has 0 spiro atoms. The van der Waals surface area contributed by atoms with Gasteiger partial charge in [-0.15, -0.1) is 0 Å². The maximum atomic E-state index is 10.9. The first-order valence-corrected chi connectivity index (χ1v) is 6.18. The zero-order valence-corrected chi connectivity index (χ0v) is 11.7. The molecule has 21 heavy (non-hydrogen) atoms. The fourth-order valence-corrected chi connectivity index (χ4v) is 1.92. The van der Waals surface area contributed by atoms with Crippen molar-refractivity contribution in [1.82, 2.24) is 9.97 Å². The number of anilines is 2. The van der Waals surface area contributed by atoms with E-state index in [1.54, 1.807) is 12.1 Å². The molecule has 0 atom stereocenters. The standard InChI is InChI=1S/C14H15N5O2/c1-8-7-9(2)18-14(17-8)19(13(15)16)11-5-3-10(4-6-11)12(20)21/h3-7H,1-2H3,(H3,15,16)(H,20,21). The molecule has 0 aliphatic heterocycles. The third-order valence-electron chi connectivity index (χ3n) is 2.78. The molecule has 0 radical (unpaired) electrons. The van der Waals surface area contributed by atoms with Crippen LogP contribution in [0.15, 0.2) is 30.3 Å². The molecular formula is C14H15N5O2. The zero-order valence-electron chi connectivity index (χ0n) is 11.7. The normalized spacial score (nSPS) is 10.2. The van der Waals surface area contributed by atoms with E-state index in [2.05, 4.69) is 9.97 Å². The van der Waals surface area contributed by atoms with Crippen molar-refractivity contribution in [3.63, 3.8) is 0 Å². The number of aryl methyl sites for hydroxylation is 2. The first-order valence-electron chi connectivity index (χ1n) is 6.18. The highest BCUT2D eigenvalue weighted by Gasteiger charge is 2.16. The number of nitrogens with two attached hydrogens (primary N) is 1. The number of nitrogens with zero attached hydrogens (tertiary/aromatic N) is 3. The molecule has 0 amide bonds. The second kappa shape index (κ2) is 5.58. The number of benzene rings is 1. The first kappa shape index (κ1) is 14.4. The number of aromatic carboxylic acids is 1. The van der Waals surface area contributed by atoms with Gasteiger partial charge in [-0.05, 0) is 44.2 Å². The number of carboxylic acids is 1. The van der Waals surface area contributed by atoms with E-state index in [-0.39, 0.29) is 17.5 Å². The second-order valence-electron chi connectivity index (χ2n) is 4.52. The van der Waals surface area contributed by atoms with Crippen molar-refractivity contribution in [3.8, 4) is 0 Å². The Kier molecular flexibility index (Phi) is 3.84. The summed E-state index contributed by atoms with van der Waals surface area (Å²) in [6.45, 7) is 3.65. The lowest BCUT2D eigenvalue weighted by Crippen LogP contribution is -2.33. The maximum Gasteiger partial charge on any atom is 0.335 e. The van der Waals surface area contributed by atoms with Gasteiger partial charge in [0.15, 0.2) is 5.96 Å². The smallest absolute Gasteiger partial charge is 0.335 e. The SMILES string of the molecule is Cc1cc(C)nc(N(C(=N)N)c2ccc(C(=O)O)cc2)n1. The topological polar surface area (TPSA) is 116 Å². The highest BCUT2D eigenvalue weighted by Crippen LogP contribution is 2.22. The predicted molar refractivity (Wildman–Crippen MR) is 79.0 cm³/mol. The summed E-state index contributed by atoms with van der Waals surface area (Å²) in [5.41, 5.74) is 7.80. The number of carbonyl (C=O) groups is 1. The van der Waals surface area contributed by atoms with E-state index in [0.29, 0.717) is 5.69 Å². The summed E-state index contributed by atoms with van der Waals surface area (Å²) in [6, 6.07) is 7.82. The van der Waals surface area contributed by atoms with Crippen molar-refractivity contribution in [1.29, 1.82) is 5.41 Å². The first-order chi connectivity index (χ1) is 9.88. The van der Waals surface area contributed by atoms with E-state index in [0.717, 1.165) is 11.4 Å². The van der Waals surface area contributed by atoms with Gasteiger partial charge < -0.3 is 10.8 Å². The lowest BCUT2D eigenvalue weighted by molar-refractivity contribution is 0.0697. The lowest BCUT2D eigenvalue weighted by Gasteiger charge is -2.21. The Morgan fingerprint density at radius 2 is 1.71 bits per heavy atom. The van der Waals surface area contributed by atoms with Crippen LogP contribution in [0, 0.1) is 19.3 Å². The minimum Gasteiger partial charge on any atom is -0.478 e. The van der Waals surface area contributed by atoms with Gasteiger partial charge in [-0.1, -0.05) is 0 Å². The molecule has 2 rings (SSSR count). The van der Waals surface area contributed by atoms with E-state index in [1.165, 1.54) is 17.0 Å². The van der Waals surface area contributed by atoms with Crippen molar-refractivity contribution in [2.75, 3.05) is 4.90 Å². The Labute approximate surface area is 121 Å². The summed E-state index contributed by atoms with van der Waals surface area (Å²) in [5, 5.41) is 16.6. The molecule has 1 aromatic carbocycles. The molecule has 2 aromatic rings. The molecule has 4 N–H and O–H groups in total. The summed E-state index contributed by atoms with van der Waals surface area (Å²) in [7, 11) is 0. The minimum atomic E-state index is -1.02. The number of rotatable bonds is 3. The molecule has 0 saturated carbocycles. The number of carboxylic acid groups (broad SMARTS) is 1. The monoisotopic (exact) mass is 285 g/mol. The van der Waals surface area contributed by atoms with E-state index < -0.39 is 5.97 Å². The van der Waals surface area contributed by atoms with Gasteiger partial charge >= 0.3 is 5.97 Å². The quantitative estimate of drug-likeness (QED) is 0.585. The predicted octanol–water partition coefficient (Wildman–Crippen LogP) is 1.82. The van der Waals surface area contributed by atoms with Gasteiger partial charge in [0.05, 0.1) is 11.3 Å². The Morgan fingerprint density at radius 3 is 2.14 bits per heavy atom. The van der Waals surface area contributed by atoms with Gasteiger partial charge in [0.1, 0.15) is 0 Å². The summed E-state index contributed by atoms with van der Waals surface area (Å²) in [6.07, 6.45) is 0. The van der Waals surface area contributed by atoms with Crippen LogP contribution >= 0.6 is 0 Å². The maximum absolute atomic E-state index is 10.9. The highest BCUT2D eigenvalue weighted by atomic mass is 16.4. The molecule has 0 aliphatic rings. The number of hydrogen-bond acceptors (Lipinski definition) is 4. The second-order valence-corrected chi connectivity index (χ2v) is 4.52. The van der Waals surface area contributed by atoms with E-state index >= 15 is 0 Å². The lowest BCUT2D eigenvalue weighted by atomic mass is 10.2. The van der Waals surface area contributed by atoms with Crippen molar-refractivity contribution >= 4 is 23.6 Å². The summed E-state index contributed by atoms with van der Waals surface area (Å²) in [5.74, 6) is -0.982. The largest absolute Gasteiger partial charge is 0.478 e. The number of nitrogens with one attached hydrogen (secondary N) is 1. The van der Waals surface area contributed by atoms with Crippen LogP contribution < -0.4 is 10.6 Å². The Balaban J connectivity index is 2.48. The van der Waals surface area contributed by atoms with E-state index in [4.69, 9.17) is 16.2 Å². The molecule has 0 unspecified atom stereocenters. The van der Waals surface area contributed by atoms with Crippen LogP contribution in [0.1, 0.15) is 21.7 Å². The van der Waals surface area contributed by atoms with Gasteiger partial charge in [0.25, 0.3) is 0 Å². The Morgan fingerprint density at radius 1 is 1.19 bits per heavy atom. The van der Waals surface area contributed by atoms with E-state index in [9.17, 15) is 4.79 Å². The van der Waals surface area contributed by atoms with Crippen molar-refractivity contribution in [3.05, 3.63) is 47.3 Å². The molecule has 1 heterocycles. The molecule has 1 aromatic heterocycles. The molecule has 7 nitrogen and oxygen atoms in total.